The summed E-state index contributed by atoms with van der Waals surface area (Å²) in [7, 11) is 3.71. The van der Waals surface area contributed by atoms with Crippen LogP contribution >= 0.6 is 11.8 Å². The second kappa shape index (κ2) is 13.9. The van der Waals surface area contributed by atoms with Crippen molar-refractivity contribution in [1.29, 1.82) is 0 Å². The second-order valence-electron chi connectivity index (χ2n) is 11.2. The van der Waals surface area contributed by atoms with Gasteiger partial charge in [0.05, 0.1) is 36.8 Å². The molecule has 1 atom stereocenters. The van der Waals surface area contributed by atoms with E-state index in [0.29, 0.717) is 41.8 Å². The molecule has 3 aromatic rings. The van der Waals surface area contributed by atoms with Crippen molar-refractivity contribution in [1.82, 2.24) is 14.9 Å². The Bertz CT molecular complexity index is 1530. The molecule has 1 aromatic heterocycles. The number of hydroxylamine groups is 1. The first-order chi connectivity index (χ1) is 21.9. The molecule has 0 bridgehead atoms. The third kappa shape index (κ3) is 7.10. The lowest BCUT2D eigenvalue weighted by Gasteiger charge is -2.35. The van der Waals surface area contributed by atoms with Crippen molar-refractivity contribution in [2.24, 2.45) is 0 Å². The average molecular weight is 635 g/mol. The Morgan fingerprint density at radius 1 is 1.04 bits per heavy atom. The van der Waals surface area contributed by atoms with Crippen molar-refractivity contribution >= 4 is 52.1 Å². The Morgan fingerprint density at radius 2 is 1.84 bits per heavy atom. The Balaban J connectivity index is 1.27. The first-order valence-corrected chi connectivity index (χ1v) is 16.3. The van der Waals surface area contributed by atoms with Gasteiger partial charge in [-0.25, -0.2) is 19.4 Å². The highest BCUT2D eigenvalue weighted by atomic mass is 32.2. The summed E-state index contributed by atoms with van der Waals surface area (Å²) in [5, 5.41) is 8.03. The molecule has 0 aliphatic carbocycles. The van der Waals surface area contributed by atoms with Crippen LogP contribution in [0.5, 0.6) is 5.75 Å². The molecule has 3 aliphatic rings. The Hall–Kier alpha value is -4.07. The molecule has 0 unspecified atom stereocenters. The molecule has 238 valence electrons. The molecule has 11 nitrogen and oxygen atoms in total. The number of rotatable bonds is 9. The molecule has 1 amide bonds. The summed E-state index contributed by atoms with van der Waals surface area (Å²) >= 11 is 1.92. The van der Waals surface area contributed by atoms with E-state index >= 15 is 0 Å². The Labute approximate surface area is 267 Å². The first kappa shape index (κ1) is 30.9. The predicted octanol–water partition coefficient (Wildman–Crippen LogP) is 4.68. The zero-order chi connectivity index (χ0) is 31.3. The van der Waals surface area contributed by atoms with Crippen LogP contribution in [0, 0.1) is 5.82 Å². The number of ether oxygens (including phenoxy) is 1. The molecule has 4 heterocycles. The maximum atomic E-state index is 14.9. The van der Waals surface area contributed by atoms with E-state index in [1.807, 2.05) is 23.9 Å². The summed E-state index contributed by atoms with van der Waals surface area (Å²) in [6.07, 6.45) is 3.41. The van der Waals surface area contributed by atoms with E-state index in [2.05, 4.69) is 55.0 Å². The van der Waals surface area contributed by atoms with Crippen LogP contribution in [-0.2, 0) is 9.63 Å². The number of carbonyl (C=O) groups excluding carboxylic acids is 1. The zero-order valence-corrected chi connectivity index (χ0v) is 26.5. The van der Waals surface area contributed by atoms with Crippen LogP contribution in [-0.4, -0.2) is 92.3 Å². The number of halogens is 1. The number of benzene rings is 2. The fraction of sp³-hybridized carbons (Fsp3) is 0.406. The second-order valence-corrected chi connectivity index (χ2v) is 12.5. The number of aromatic nitrogens is 2. The molecule has 2 aromatic carbocycles. The smallest absolute Gasteiger partial charge is 0.247 e. The highest BCUT2D eigenvalue weighted by Gasteiger charge is 2.31. The van der Waals surface area contributed by atoms with Gasteiger partial charge in [0.25, 0.3) is 0 Å². The van der Waals surface area contributed by atoms with Crippen molar-refractivity contribution in [2.45, 2.75) is 12.5 Å². The van der Waals surface area contributed by atoms with Gasteiger partial charge in [0.1, 0.15) is 23.7 Å². The molecule has 3 aliphatic heterocycles. The molecule has 2 N–H and O–H groups in total. The van der Waals surface area contributed by atoms with E-state index in [1.54, 1.807) is 30.4 Å². The molecular formula is C32H39FN8O3S. The number of amides is 1. The summed E-state index contributed by atoms with van der Waals surface area (Å²) in [5.74, 6) is 3.15. The summed E-state index contributed by atoms with van der Waals surface area (Å²) in [5.41, 5.74) is 3.87. The van der Waals surface area contributed by atoms with Crippen molar-refractivity contribution in [3.8, 4) is 5.75 Å². The van der Waals surface area contributed by atoms with Crippen LogP contribution < -0.4 is 30.2 Å². The molecule has 3 fully saturated rings. The number of hydrogen-bond donors (Lipinski definition) is 2. The summed E-state index contributed by atoms with van der Waals surface area (Å²) < 4.78 is 20.6. The van der Waals surface area contributed by atoms with Gasteiger partial charge in [-0.2, -0.15) is 11.8 Å². The van der Waals surface area contributed by atoms with Gasteiger partial charge >= 0.3 is 0 Å². The highest BCUT2D eigenvalue weighted by Crippen LogP contribution is 2.40. The van der Waals surface area contributed by atoms with Crippen molar-refractivity contribution in [3.63, 3.8) is 0 Å². The standard InChI is InChI=1S/C32H39FN8O3S/c1-4-32(42)37-25-18-26(29(43-3)19-28(25)40-8-6-38(2)7-9-40)36-30-20-31(35-21-34-30)41-27(5-12-44-41)22-15-23(33)17-24(16-22)39-10-13-45-14-11-39/h4,15-21,27H,1,5-14H2,2-3H3,(H,37,42)(H,34,35,36)/t27-/m1/s1. The summed E-state index contributed by atoms with van der Waals surface area (Å²) in [6, 6.07) is 10.6. The minimum Gasteiger partial charge on any atom is -0.494 e. The van der Waals surface area contributed by atoms with Gasteiger partial charge in [0.2, 0.25) is 5.91 Å². The fourth-order valence-electron chi connectivity index (χ4n) is 5.89. The lowest BCUT2D eigenvalue weighted by Crippen LogP contribution is -2.44. The summed E-state index contributed by atoms with van der Waals surface area (Å²) in [6.45, 7) is 9.36. The number of piperazine rings is 1. The van der Waals surface area contributed by atoms with E-state index in [0.717, 1.165) is 67.7 Å². The van der Waals surface area contributed by atoms with Crippen LogP contribution in [0.4, 0.5) is 38.8 Å². The van der Waals surface area contributed by atoms with E-state index in [9.17, 15) is 9.18 Å². The number of nitrogens with zero attached hydrogens (tertiary/aromatic N) is 6. The van der Waals surface area contributed by atoms with E-state index in [4.69, 9.17) is 9.57 Å². The van der Waals surface area contributed by atoms with Crippen LogP contribution in [0.2, 0.25) is 0 Å². The van der Waals surface area contributed by atoms with Crippen molar-refractivity contribution in [3.05, 3.63) is 66.8 Å². The van der Waals surface area contributed by atoms with Gasteiger partial charge in [-0.3, -0.25) is 9.63 Å². The third-order valence-corrected chi connectivity index (χ3v) is 9.26. The SMILES string of the molecule is C=CC(=O)Nc1cc(Nc2cc(N3OCC[C@@H]3c3cc(F)cc(N4CCSCC4)c3)ncn2)c(OC)cc1N1CCN(C)CC1. The van der Waals surface area contributed by atoms with Crippen LogP contribution in [0.25, 0.3) is 0 Å². The maximum absolute atomic E-state index is 14.9. The van der Waals surface area contributed by atoms with Crippen LogP contribution in [0.15, 0.2) is 55.4 Å². The molecule has 0 spiro atoms. The minimum atomic E-state index is -0.303. The Morgan fingerprint density at radius 3 is 2.60 bits per heavy atom. The summed E-state index contributed by atoms with van der Waals surface area (Å²) in [4.78, 5) is 34.1. The molecule has 6 rings (SSSR count). The Kier molecular flexibility index (Phi) is 9.57. The molecule has 0 radical (unpaired) electrons. The van der Waals surface area contributed by atoms with Gasteiger partial charge in [0.15, 0.2) is 5.82 Å². The normalized spacial score (nSPS) is 19.0. The molecule has 45 heavy (non-hydrogen) atoms. The fourth-order valence-corrected chi connectivity index (χ4v) is 6.80. The van der Waals surface area contributed by atoms with E-state index < -0.39 is 0 Å². The lowest BCUT2D eigenvalue weighted by molar-refractivity contribution is -0.111. The highest BCUT2D eigenvalue weighted by molar-refractivity contribution is 7.99. The zero-order valence-electron chi connectivity index (χ0n) is 25.7. The number of methoxy groups -OCH3 is 1. The topological polar surface area (TPSA) is 98.3 Å². The van der Waals surface area contributed by atoms with Gasteiger partial charge < -0.3 is 30.1 Å². The van der Waals surface area contributed by atoms with Crippen molar-refractivity contribution < 1.29 is 18.8 Å². The quantitative estimate of drug-likeness (QED) is 0.321. The van der Waals surface area contributed by atoms with Gasteiger partial charge in [-0.15, -0.1) is 0 Å². The lowest BCUT2D eigenvalue weighted by atomic mass is 10.0. The third-order valence-electron chi connectivity index (χ3n) is 8.32. The van der Waals surface area contributed by atoms with Crippen LogP contribution in [0.3, 0.4) is 0 Å². The van der Waals surface area contributed by atoms with Gasteiger partial charge in [-0.1, -0.05) is 6.58 Å². The minimum absolute atomic E-state index is 0.209. The average Bonchev–Trinajstić information content (AvgIpc) is 3.56. The van der Waals surface area contributed by atoms with Gasteiger partial charge in [0, 0.05) is 75.0 Å². The number of anilines is 6. The number of likely N-dealkylation sites (N-methyl/N-ethyl adjacent to an activating group) is 1. The largest absolute Gasteiger partial charge is 0.494 e. The molecule has 13 heteroatoms. The number of thioether (sulfide) groups is 1. The maximum Gasteiger partial charge on any atom is 0.247 e. The number of carbonyl (C=O) groups is 1. The molecular weight excluding hydrogens is 595 g/mol. The monoisotopic (exact) mass is 634 g/mol. The first-order valence-electron chi connectivity index (χ1n) is 15.1. The number of nitrogens with one attached hydrogen (secondary N) is 2. The molecule has 3 saturated heterocycles. The van der Waals surface area contributed by atoms with E-state index in [-0.39, 0.29) is 17.8 Å². The van der Waals surface area contributed by atoms with Gasteiger partial charge in [-0.05, 0) is 43.0 Å². The predicted molar refractivity (Wildman–Crippen MR) is 179 cm³/mol. The van der Waals surface area contributed by atoms with Crippen LogP contribution in [0.1, 0.15) is 18.0 Å². The van der Waals surface area contributed by atoms with E-state index in [1.165, 1.54) is 12.4 Å². The van der Waals surface area contributed by atoms with Crippen molar-refractivity contribution in [2.75, 3.05) is 97.0 Å². The number of hydrogen-bond acceptors (Lipinski definition) is 11. The molecule has 0 saturated carbocycles.